The minimum atomic E-state index is -0.865. The average Bonchev–Trinajstić information content (AvgIpc) is 2.82. The molecule has 10 nitrogen and oxygen atoms in total. The van der Waals surface area contributed by atoms with Gasteiger partial charge in [0.1, 0.15) is 12.1 Å². The second-order valence-electron chi connectivity index (χ2n) is 3.57. The third kappa shape index (κ3) is 2.71. The first-order chi connectivity index (χ1) is 9.50. The molecular weight excluding hydrogens is 290 g/mol. The van der Waals surface area contributed by atoms with Crippen molar-refractivity contribution in [1.82, 2.24) is 14.6 Å². The molecule has 2 aromatic rings. The first-order valence-corrected chi connectivity index (χ1v) is 6.27. The van der Waals surface area contributed by atoms with Crippen LogP contribution in [0, 0.1) is 10.1 Å². The van der Waals surface area contributed by atoms with E-state index in [-0.39, 0.29) is 23.9 Å². The standard InChI is InChI=1S/C9H9N5O5S/c1-5(15)19-3-2-10-7-6(14(17)18)8(16)13-9(12-7)20-4-11-13/h4,10H,2-3H2,1H3. The van der Waals surface area contributed by atoms with Crippen LogP contribution in [0.1, 0.15) is 6.92 Å². The molecule has 0 atom stereocenters. The van der Waals surface area contributed by atoms with Crippen LogP contribution in [0.4, 0.5) is 11.5 Å². The number of ether oxygens (including phenoxy) is 1. The molecule has 0 amide bonds. The van der Waals surface area contributed by atoms with Gasteiger partial charge in [0.05, 0.1) is 11.5 Å². The summed E-state index contributed by atoms with van der Waals surface area (Å²) in [6.07, 6.45) is 0. The molecule has 0 spiro atoms. The van der Waals surface area contributed by atoms with Gasteiger partial charge in [0.15, 0.2) is 0 Å². The fourth-order valence-corrected chi connectivity index (χ4v) is 2.04. The number of carbonyl (C=O) groups excluding carboxylic acids is 1. The van der Waals surface area contributed by atoms with Gasteiger partial charge in [-0.15, -0.1) is 0 Å². The lowest BCUT2D eigenvalue weighted by molar-refractivity contribution is -0.385. The maximum absolute atomic E-state index is 11.9. The fourth-order valence-electron chi connectivity index (χ4n) is 1.43. The van der Waals surface area contributed by atoms with Crippen LogP contribution in [0.2, 0.25) is 0 Å². The number of hydrogen-bond acceptors (Lipinski definition) is 9. The van der Waals surface area contributed by atoms with Crippen molar-refractivity contribution in [3.05, 3.63) is 26.0 Å². The van der Waals surface area contributed by atoms with Gasteiger partial charge in [-0.2, -0.15) is 14.6 Å². The van der Waals surface area contributed by atoms with Crippen molar-refractivity contribution in [2.45, 2.75) is 6.92 Å². The molecule has 1 N–H and O–H groups in total. The first kappa shape index (κ1) is 13.9. The summed E-state index contributed by atoms with van der Waals surface area (Å²) >= 11 is 1.07. The number of hydrogen-bond donors (Lipinski definition) is 1. The van der Waals surface area contributed by atoms with Crippen molar-refractivity contribution in [2.24, 2.45) is 0 Å². The number of nitrogens with one attached hydrogen (secondary N) is 1. The molecule has 11 heteroatoms. The number of esters is 1. The van der Waals surface area contributed by atoms with E-state index in [1.807, 2.05) is 0 Å². The van der Waals surface area contributed by atoms with Gasteiger partial charge in [-0.25, -0.2) is 0 Å². The molecule has 2 aromatic heterocycles. The molecule has 20 heavy (non-hydrogen) atoms. The van der Waals surface area contributed by atoms with E-state index >= 15 is 0 Å². The smallest absolute Gasteiger partial charge is 0.377 e. The molecule has 0 fully saturated rings. The zero-order valence-corrected chi connectivity index (χ0v) is 11.0. The van der Waals surface area contributed by atoms with E-state index in [2.05, 4.69) is 20.1 Å². The van der Waals surface area contributed by atoms with E-state index in [9.17, 15) is 19.7 Å². The summed E-state index contributed by atoms with van der Waals surface area (Å²) < 4.78 is 5.54. The Morgan fingerprint density at radius 1 is 1.65 bits per heavy atom. The molecule has 106 valence electrons. The summed E-state index contributed by atoms with van der Waals surface area (Å²) in [6, 6.07) is 0. The molecule has 0 aliphatic rings. The van der Waals surface area contributed by atoms with E-state index < -0.39 is 22.1 Å². The van der Waals surface area contributed by atoms with Crippen molar-refractivity contribution in [2.75, 3.05) is 18.5 Å². The lowest BCUT2D eigenvalue weighted by Crippen LogP contribution is -2.22. The van der Waals surface area contributed by atoms with Gasteiger partial charge in [0.25, 0.3) is 0 Å². The average molecular weight is 299 g/mol. The molecular formula is C9H9N5O5S. The van der Waals surface area contributed by atoms with Crippen molar-refractivity contribution < 1.29 is 14.5 Å². The number of nitro groups is 1. The van der Waals surface area contributed by atoms with Crippen LogP contribution < -0.4 is 10.9 Å². The van der Waals surface area contributed by atoms with E-state index in [0.717, 1.165) is 15.9 Å². The molecule has 0 saturated carbocycles. The molecule has 0 aliphatic heterocycles. The Hall–Kier alpha value is -2.56. The van der Waals surface area contributed by atoms with Crippen LogP contribution in [-0.4, -0.2) is 38.6 Å². The number of anilines is 1. The van der Waals surface area contributed by atoms with Crippen LogP contribution in [0.15, 0.2) is 10.3 Å². The Bertz CT molecular complexity index is 723. The number of rotatable bonds is 5. The van der Waals surface area contributed by atoms with Crippen LogP contribution in [0.25, 0.3) is 4.96 Å². The van der Waals surface area contributed by atoms with Crippen LogP contribution in [0.5, 0.6) is 0 Å². The Balaban J connectivity index is 2.31. The largest absolute Gasteiger partial charge is 0.464 e. The van der Waals surface area contributed by atoms with E-state index in [1.54, 1.807) is 0 Å². The lowest BCUT2D eigenvalue weighted by Gasteiger charge is -2.05. The number of fused-ring (bicyclic) bond motifs is 1. The third-order valence-corrected chi connectivity index (χ3v) is 2.89. The Kier molecular flexibility index (Phi) is 3.89. The SMILES string of the molecule is CC(=O)OCCNc1nc2scnn2c(=O)c1[N+](=O)[O-]. The summed E-state index contributed by atoms with van der Waals surface area (Å²) in [6.45, 7) is 1.36. The van der Waals surface area contributed by atoms with E-state index in [1.165, 1.54) is 12.4 Å². The van der Waals surface area contributed by atoms with Gasteiger partial charge in [-0.05, 0) is 0 Å². The summed E-state index contributed by atoms with van der Waals surface area (Å²) in [5.74, 6) is -0.636. The van der Waals surface area contributed by atoms with Crippen molar-refractivity contribution in [1.29, 1.82) is 0 Å². The Morgan fingerprint density at radius 3 is 3.05 bits per heavy atom. The quantitative estimate of drug-likeness (QED) is 0.354. The van der Waals surface area contributed by atoms with Gasteiger partial charge < -0.3 is 10.1 Å². The molecule has 0 radical (unpaired) electrons. The highest BCUT2D eigenvalue weighted by Gasteiger charge is 2.24. The Labute approximate surface area is 115 Å². The Morgan fingerprint density at radius 2 is 2.40 bits per heavy atom. The zero-order valence-electron chi connectivity index (χ0n) is 10.2. The van der Waals surface area contributed by atoms with Gasteiger partial charge in [-0.1, -0.05) is 11.3 Å². The highest BCUT2D eigenvalue weighted by molar-refractivity contribution is 7.14. The lowest BCUT2D eigenvalue weighted by atomic mass is 10.4. The van der Waals surface area contributed by atoms with E-state index in [4.69, 9.17) is 0 Å². The topological polar surface area (TPSA) is 129 Å². The molecule has 0 unspecified atom stereocenters. The number of aromatic nitrogens is 3. The minimum Gasteiger partial charge on any atom is -0.464 e. The highest BCUT2D eigenvalue weighted by atomic mass is 32.1. The minimum absolute atomic E-state index is 0.0101. The van der Waals surface area contributed by atoms with E-state index in [0.29, 0.717) is 0 Å². The normalized spacial score (nSPS) is 10.4. The molecule has 0 aromatic carbocycles. The number of carbonyl (C=O) groups is 1. The van der Waals surface area contributed by atoms with Crippen LogP contribution in [0.3, 0.4) is 0 Å². The van der Waals surface area contributed by atoms with Crippen molar-refractivity contribution in [3.63, 3.8) is 0 Å². The van der Waals surface area contributed by atoms with Crippen molar-refractivity contribution in [3.8, 4) is 0 Å². The fraction of sp³-hybridized carbons (Fsp3) is 0.333. The second kappa shape index (κ2) is 5.61. The van der Waals surface area contributed by atoms with Crippen LogP contribution >= 0.6 is 11.3 Å². The molecule has 0 saturated heterocycles. The molecule has 0 bridgehead atoms. The van der Waals surface area contributed by atoms with Crippen LogP contribution in [-0.2, 0) is 9.53 Å². The zero-order chi connectivity index (χ0) is 14.7. The summed E-state index contributed by atoms with van der Waals surface area (Å²) in [5.41, 5.74) is -0.205. The van der Waals surface area contributed by atoms with Crippen molar-refractivity contribution >= 4 is 33.8 Å². The number of nitrogens with zero attached hydrogens (tertiary/aromatic N) is 4. The van der Waals surface area contributed by atoms with Gasteiger partial charge >= 0.3 is 17.2 Å². The maximum atomic E-state index is 11.9. The molecule has 2 rings (SSSR count). The molecule has 0 aliphatic carbocycles. The van der Waals surface area contributed by atoms with Gasteiger partial charge in [-0.3, -0.25) is 19.7 Å². The monoisotopic (exact) mass is 299 g/mol. The first-order valence-electron chi connectivity index (χ1n) is 5.39. The summed E-state index contributed by atoms with van der Waals surface area (Å²) in [4.78, 5) is 36.8. The highest BCUT2D eigenvalue weighted by Crippen LogP contribution is 2.18. The predicted molar refractivity (Wildman–Crippen MR) is 68.9 cm³/mol. The second-order valence-corrected chi connectivity index (χ2v) is 4.38. The molecule has 2 heterocycles. The maximum Gasteiger partial charge on any atom is 0.377 e. The predicted octanol–water partition coefficient (Wildman–Crippen LogP) is 0.0342. The summed E-state index contributed by atoms with van der Waals surface area (Å²) in [5, 5.41) is 17.2. The summed E-state index contributed by atoms with van der Waals surface area (Å²) in [7, 11) is 0. The van der Waals surface area contributed by atoms with Gasteiger partial charge in [0.2, 0.25) is 10.8 Å². The van der Waals surface area contributed by atoms with Gasteiger partial charge in [0, 0.05) is 6.92 Å². The third-order valence-electron chi connectivity index (χ3n) is 2.21.